The lowest BCUT2D eigenvalue weighted by Crippen LogP contribution is -2.44. The summed E-state index contributed by atoms with van der Waals surface area (Å²) in [6, 6.07) is 15.1. The van der Waals surface area contributed by atoms with Gasteiger partial charge in [0.05, 0.1) is 18.1 Å². The number of anilines is 4. The number of carbonyl (C=O) groups excluding carboxylic acids is 1. The molecule has 0 saturated carbocycles. The summed E-state index contributed by atoms with van der Waals surface area (Å²) in [6.07, 6.45) is 2.84. The van der Waals surface area contributed by atoms with Crippen LogP contribution in [0.25, 0.3) is 16.9 Å². The molecule has 1 fully saturated rings. The number of piperazine rings is 1. The molecule has 1 aliphatic heterocycles. The van der Waals surface area contributed by atoms with Gasteiger partial charge in [0.15, 0.2) is 5.65 Å². The Morgan fingerprint density at radius 3 is 2.20 bits per heavy atom. The monoisotopic (exact) mass is 470 g/mol. The van der Waals surface area contributed by atoms with Gasteiger partial charge in [0.1, 0.15) is 5.52 Å². The van der Waals surface area contributed by atoms with Gasteiger partial charge in [-0.1, -0.05) is 0 Å². The van der Waals surface area contributed by atoms with E-state index in [1.54, 1.807) is 30.5 Å². The van der Waals surface area contributed by atoms with E-state index in [1.807, 2.05) is 12.1 Å². The molecule has 35 heavy (non-hydrogen) atoms. The summed E-state index contributed by atoms with van der Waals surface area (Å²) in [7, 11) is 2.14. The van der Waals surface area contributed by atoms with Crippen molar-refractivity contribution in [3.8, 4) is 5.69 Å². The Labute approximate surface area is 202 Å². The summed E-state index contributed by atoms with van der Waals surface area (Å²) >= 11 is 0. The van der Waals surface area contributed by atoms with E-state index in [0.29, 0.717) is 28.5 Å². The number of amides is 1. The quantitative estimate of drug-likeness (QED) is 0.458. The van der Waals surface area contributed by atoms with Gasteiger partial charge >= 0.3 is 0 Å². The van der Waals surface area contributed by atoms with Crippen molar-refractivity contribution < 1.29 is 4.79 Å². The molecule has 1 amide bonds. The molecule has 4 aromatic rings. The van der Waals surface area contributed by atoms with E-state index < -0.39 is 0 Å². The van der Waals surface area contributed by atoms with E-state index in [9.17, 15) is 9.59 Å². The molecule has 0 atom stereocenters. The number of benzene rings is 2. The van der Waals surface area contributed by atoms with Crippen molar-refractivity contribution in [2.75, 3.05) is 48.8 Å². The molecule has 0 unspecified atom stereocenters. The second-order valence-corrected chi connectivity index (χ2v) is 8.52. The van der Waals surface area contributed by atoms with Crippen LogP contribution in [0.4, 0.5) is 23.0 Å². The summed E-state index contributed by atoms with van der Waals surface area (Å²) < 4.78 is 1.48. The Morgan fingerprint density at radius 2 is 1.51 bits per heavy atom. The van der Waals surface area contributed by atoms with Crippen molar-refractivity contribution in [3.63, 3.8) is 0 Å². The lowest BCUT2D eigenvalue weighted by molar-refractivity contribution is -0.114. The molecule has 0 radical (unpaired) electrons. The summed E-state index contributed by atoms with van der Waals surface area (Å²) in [6.45, 7) is 5.56. The van der Waals surface area contributed by atoms with Gasteiger partial charge in [-0.2, -0.15) is 4.98 Å². The minimum absolute atomic E-state index is 0.163. The van der Waals surface area contributed by atoms with Crippen molar-refractivity contribution in [2.45, 2.75) is 6.92 Å². The molecule has 0 bridgehead atoms. The summed E-state index contributed by atoms with van der Waals surface area (Å²) in [5.41, 5.74) is 3.85. The number of hydrogen-bond donors (Lipinski definition) is 2. The molecule has 0 aliphatic carbocycles. The van der Waals surface area contributed by atoms with E-state index >= 15 is 0 Å². The van der Waals surface area contributed by atoms with E-state index in [0.717, 1.165) is 31.9 Å². The van der Waals surface area contributed by atoms with Crippen LogP contribution >= 0.6 is 0 Å². The number of hydrogen-bond acceptors (Lipinski definition) is 8. The van der Waals surface area contributed by atoms with E-state index in [2.05, 4.69) is 54.6 Å². The highest BCUT2D eigenvalue weighted by Gasteiger charge is 2.14. The van der Waals surface area contributed by atoms with Crippen LogP contribution in [0.5, 0.6) is 0 Å². The Balaban J connectivity index is 1.41. The molecule has 178 valence electrons. The second kappa shape index (κ2) is 9.51. The maximum absolute atomic E-state index is 12.7. The molecule has 0 spiro atoms. The van der Waals surface area contributed by atoms with Gasteiger partial charge in [0.2, 0.25) is 11.9 Å². The van der Waals surface area contributed by atoms with Crippen LogP contribution in [0.15, 0.2) is 65.7 Å². The first kappa shape index (κ1) is 22.5. The number of rotatable bonds is 5. The Hall–Kier alpha value is -4.31. The average molecular weight is 471 g/mol. The topological polar surface area (TPSA) is 108 Å². The van der Waals surface area contributed by atoms with Gasteiger partial charge in [-0.15, -0.1) is 0 Å². The number of nitrogens with one attached hydrogen (secondary N) is 2. The van der Waals surface area contributed by atoms with Crippen LogP contribution in [0.2, 0.25) is 0 Å². The van der Waals surface area contributed by atoms with Crippen molar-refractivity contribution in [3.05, 3.63) is 71.3 Å². The van der Waals surface area contributed by atoms with Gasteiger partial charge in [-0.05, 0) is 55.6 Å². The zero-order valence-corrected chi connectivity index (χ0v) is 19.6. The highest BCUT2D eigenvalue weighted by molar-refractivity contribution is 5.88. The van der Waals surface area contributed by atoms with Crippen molar-refractivity contribution in [1.29, 1.82) is 0 Å². The number of aromatic nitrogens is 4. The van der Waals surface area contributed by atoms with Crippen LogP contribution in [-0.2, 0) is 4.79 Å². The van der Waals surface area contributed by atoms with Crippen LogP contribution in [0.1, 0.15) is 6.92 Å². The Kier molecular flexibility index (Phi) is 6.11. The first-order valence-electron chi connectivity index (χ1n) is 11.4. The highest BCUT2D eigenvalue weighted by atomic mass is 16.1. The van der Waals surface area contributed by atoms with Gasteiger partial charge in [0, 0.05) is 50.2 Å². The van der Waals surface area contributed by atoms with Crippen LogP contribution < -0.4 is 21.1 Å². The molecule has 2 aromatic carbocycles. The number of carbonyl (C=O) groups is 1. The predicted octanol–water partition coefficient (Wildman–Crippen LogP) is 2.63. The molecular weight excluding hydrogens is 444 g/mol. The average Bonchev–Trinajstić information content (AvgIpc) is 2.85. The van der Waals surface area contributed by atoms with E-state index in [1.165, 1.54) is 23.4 Å². The Bertz CT molecular complexity index is 1410. The number of fused-ring (bicyclic) bond motifs is 1. The fraction of sp³-hybridized carbons (Fsp3) is 0.240. The molecule has 1 aliphatic rings. The molecule has 5 rings (SSSR count). The fourth-order valence-electron chi connectivity index (χ4n) is 4.07. The normalized spacial score (nSPS) is 14.2. The second-order valence-electron chi connectivity index (χ2n) is 8.52. The summed E-state index contributed by atoms with van der Waals surface area (Å²) in [5.74, 6) is 0.199. The Morgan fingerprint density at radius 1 is 0.857 bits per heavy atom. The SMILES string of the molecule is CC(=O)Nc1ccc(-n2c(=O)cnc3cnc(Nc4ccc(N5CCN(C)CC5)cc4)nc32)cc1. The molecule has 10 heteroatoms. The molecular formula is C25H26N8O2. The van der Waals surface area contributed by atoms with Gasteiger partial charge in [-0.25, -0.2) is 9.97 Å². The summed E-state index contributed by atoms with van der Waals surface area (Å²) in [5, 5.41) is 5.94. The van der Waals surface area contributed by atoms with Crippen LogP contribution in [-0.4, -0.2) is 63.6 Å². The maximum atomic E-state index is 12.7. The standard InChI is InChI=1S/C25H26N8O2/c1-17(34)28-18-5-9-21(10-6-18)33-23(35)16-26-22-15-27-25(30-24(22)33)29-19-3-7-20(8-4-19)32-13-11-31(2)12-14-32/h3-10,15-16H,11-14H2,1-2H3,(H,28,34)(H,27,29,30). The predicted molar refractivity (Wildman–Crippen MR) is 137 cm³/mol. The van der Waals surface area contributed by atoms with E-state index in [-0.39, 0.29) is 11.5 Å². The smallest absolute Gasteiger partial charge is 0.275 e. The van der Waals surface area contributed by atoms with Crippen LogP contribution in [0, 0.1) is 0 Å². The molecule has 2 N–H and O–H groups in total. The first-order chi connectivity index (χ1) is 17.0. The van der Waals surface area contributed by atoms with Gasteiger partial charge < -0.3 is 20.4 Å². The first-order valence-corrected chi connectivity index (χ1v) is 11.4. The van der Waals surface area contributed by atoms with Crippen molar-refractivity contribution >= 4 is 40.1 Å². The zero-order chi connectivity index (χ0) is 24.4. The number of likely N-dealkylation sites (N-methyl/N-ethyl adjacent to an activating group) is 1. The molecule has 2 aromatic heterocycles. The fourth-order valence-corrected chi connectivity index (χ4v) is 4.07. The lowest BCUT2D eigenvalue weighted by Gasteiger charge is -2.34. The van der Waals surface area contributed by atoms with Gasteiger partial charge in [0.25, 0.3) is 5.56 Å². The van der Waals surface area contributed by atoms with Crippen molar-refractivity contribution in [1.82, 2.24) is 24.4 Å². The number of nitrogens with zero attached hydrogens (tertiary/aromatic N) is 6. The summed E-state index contributed by atoms with van der Waals surface area (Å²) in [4.78, 5) is 41.9. The third kappa shape index (κ3) is 4.97. The molecule has 1 saturated heterocycles. The third-order valence-electron chi connectivity index (χ3n) is 5.93. The van der Waals surface area contributed by atoms with Crippen LogP contribution in [0.3, 0.4) is 0 Å². The minimum Gasteiger partial charge on any atom is -0.369 e. The third-order valence-corrected chi connectivity index (χ3v) is 5.93. The lowest BCUT2D eigenvalue weighted by atomic mass is 10.2. The molecule has 3 heterocycles. The van der Waals surface area contributed by atoms with Crippen molar-refractivity contribution in [2.24, 2.45) is 0 Å². The zero-order valence-electron chi connectivity index (χ0n) is 19.6. The highest BCUT2D eigenvalue weighted by Crippen LogP contribution is 2.22. The largest absolute Gasteiger partial charge is 0.369 e. The van der Waals surface area contributed by atoms with E-state index in [4.69, 9.17) is 0 Å². The minimum atomic E-state index is -0.314. The maximum Gasteiger partial charge on any atom is 0.275 e. The van der Waals surface area contributed by atoms with Gasteiger partial charge in [-0.3, -0.25) is 14.2 Å². The molecule has 10 nitrogen and oxygen atoms in total.